The number of nitrogens with one attached hydrogen (secondary N) is 1. The predicted octanol–water partition coefficient (Wildman–Crippen LogP) is 3.94. The van der Waals surface area contributed by atoms with Crippen molar-refractivity contribution in [3.05, 3.63) is 48.3 Å². The molecule has 0 heterocycles. The fraction of sp³-hybridized carbons (Fsp3) is 0.200. The van der Waals surface area contributed by atoms with Gasteiger partial charge in [-0.05, 0) is 56.3 Å². The monoisotopic (exact) mass is 260 g/mol. The third-order valence-corrected chi connectivity index (χ3v) is 2.52. The van der Waals surface area contributed by atoms with Crippen molar-refractivity contribution in [1.29, 1.82) is 0 Å². The zero-order chi connectivity index (χ0) is 13.8. The Labute approximate surface area is 112 Å². The van der Waals surface area contributed by atoms with E-state index >= 15 is 0 Å². The Morgan fingerprint density at radius 3 is 2.26 bits per heavy atom. The first-order chi connectivity index (χ1) is 9.04. The largest absolute Gasteiger partial charge is 0.491 e. The summed E-state index contributed by atoms with van der Waals surface area (Å²) in [6.45, 7) is 3.95. The Kier molecular flexibility index (Phi) is 3.90. The molecule has 0 aromatic heterocycles. The number of hydrogen-bond donors (Lipinski definition) is 2. The van der Waals surface area contributed by atoms with Crippen LogP contribution < -0.4 is 15.8 Å². The fourth-order valence-electron chi connectivity index (χ4n) is 1.66. The van der Waals surface area contributed by atoms with E-state index in [9.17, 15) is 4.39 Å². The number of halogens is 1. The third-order valence-electron chi connectivity index (χ3n) is 2.52. The second-order valence-electron chi connectivity index (χ2n) is 4.55. The molecule has 4 heteroatoms. The lowest BCUT2D eigenvalue weighted by atomic mass is 10.2. The van der Waals surface area contributed by atoms with E-state index in [4.69, 9.17) is 10.5 Å². The SMILES string of the molecule is CC(C)Oc1ccc(Nc2ccc(N)c(F)c2)cc1. The molecule has 0 saturated heterocycles. The second-order valence-corrected chi connectivity index (χ2v) is 4.55. The summed E-state index contributed by atoms with van der Waals surface area (Å²) in [5, 5.41) is 3.10. The molecule has 2 rings (SSSR count). The Morgan fingerprint density at radius 1 is 1.05 bits per heavy atom. The van der Waals surface area contributed by atoms with Gasteiger partial charge < -0.3 is 15.8 Å². The van der Waals surface area contributed by atoms with Gasteiger partial charge in [-0.15, -0.1) is 0 Å². The summed E-state index contributed by atoms with van der Waals surface area (Å²) in [4.78, 5) is 0. The first-order valence-corrected chi connectivity index (χ1v) is 6.13. The van der Waals surface area contributed by atoms with E-state index in [0.717, 1.165) is 11.4 Å². The van der Waals surface area contributed by atoms with Gasteiger partial charge in [-0.2, -0.15) is 0 Å². The van der Waals surface area contributed by atoms with Crippen molar-refractivity contribution >= 4 is 17.1 Å². The van der Waals surface area contributed by atoms with Gasteiger partial charge in [0.2, 0.25) is 0 Å². The van der Waals surface area contributed by atoms with Crippen molar-refractivity contribution in [3.8, 4) is 5.75 Å². The van der Waals surface area contributed by atoms with Crippen molar-refractivity contribution in [1.82, 2.24) is 0 Å². The maximum atomic E-state index is 13.3. The molecule has 0 spiro atoms. The van der Waals surface area contributed by atoms with Gasteiger partial charge in [-0.3, -0.25) is 0 Å². The molecule has 0 aliphatic carbocycles. The number of benzene rings is 2. The number of rotatable bonds is 4. The summed E-state index contributed by atoms with van der Waals surface area (Å²) in [6, 6.07) is 12.1. The standard InChI is InChI=1S/C15H17FN2O/c1-10(2)19-13-6-3-11(4-7-13)18-12-5-8-15(17)14(16)9-12/h3-10,18H,17H2,1-2H3. The lowest BCUT2D eigenvalue weighted by Crippen LogP contribution is -2.05. The van der Waals surface area contributed by atoms with Crippen molar-refractivity contribution < 1.29 is 9.13 Å². The Morgan fingerprint density at radius 2 is 1.68 bits per heavy atom. The molecule has 0 amide bonds. The molecule has 0 radical (unpaired) electrons. The molecule has 100 valence electrons. The molecule has 2 aromatic rings. The Balaban J connectivity index is 2.08. The van der Waals surface area contributed by atoms with Gasteiger partial charge in [0.1, 0.15) is 11.6 Å². The molecule has 3 N–H and O–H groups in total. The van der Waals surface area contributed by atoms with Crippen LogP contribution in [0.25, 0.3) is 0 Å². The van der Waals surface area contributed by atoms with E-state index in [0.29, 0.717) is 5.69 Å². The average molecular weight is 260 g/mol. The van der Waals surface area contributed by atoms with Gasteiger partial charge in [-0.1, -0.05) is 0 Å². The van der Waals surface area contributed by atoms with E-state index in [2.05, 4.69) is 5.32 Å². The summed E-state index contributed by atoms with van der Waals surface area (Å²) >= 11 is 0. The molecule has 0 aliphatic rings. The fourth-order valence-corrected chi connectivity index (χ4v) is 1.66. The molecule has 0 fully saturated rings. The van der Waals surface area contributed by atoms with Gasteiger partial charge in [0.25, 0.3) is 0 Å². The minimum Gasteiger partial charge on any atom is -0.491 e. The lowest BCUT2D eigenvalue weighted by molar-refractivity contribution is 0.242. The maximum Gasteiger partial charge on any atom is 0.148 e. The van der Waals surface area contributed by atoms with Crippen LogP contribution in [0.5, 0.6) is 5.75 Å². The first-order valence-electron chi connectivity index (χ1n) is 6.13. The Bertz CT molecular complexity index is 553. The molecule has 0 saturated carbocycles. The molecular formula is C15H17FN2O. The summed E-state index contributed by atoms with van der Waals surface area (Å²) in [7, 11) is 0. The highest BCUT2D eigenvalue weighted by molar-refractivity contribution is 5.62. The van der Waals surface area contributed by atoms with Crippen LogP contribution in [0.1, 0.15) is 13.8 Å². The van der Waals surface area contributed by atoms with Gasteiger partial charge in [0, 0.05) is 11.4 Å². The lowest BCUT2D eigenvalue weighted by Gasteiger charge is -2.11. The Hall–Kier alpha value is -2.23. The molecule has 0 unspecified atom stereocenters. The quantitative estimate of drug-likeness (QED) is 0.818. The van der Waals surface area contributed by atoms with Gasteiger partial charge in [-0.25, -0.2) is 4.39 Å². The highest BCUT2D eigenvalue weighted by Gasteiger charge is 2.01. The van der Waals surface area contributed by atoms with E-state index < -0.39 is 5.82 Å². The van der Waals surface area contributed by atoms with E-state index in [-0.39, 0.29) is 11.8 Å². The summed E-state index contributed by atoms with van der Waals surface area (Å²) < 4.78 is 18.9. The van der Waals surface area contributed by atoms with Crippen LogP contribution in [-0.2, 0) is 0 Å². The predicted molar refractivity (Wildman–Crippen MR) is 76.3 cm³/mol. The molecule has 0 aliphatic heterocycles. The average Bonchev–Trinajstić information content (AvgIpc) is 2.36. The third kappa shape index (κ3) is 3.61. The smallest absolute Gasteiger partial charge is 0.148 e. The van der Waals surface area contributed by atoms with Crippen LogP contribution in [0, 0.1) is 5.82 Å². The van der Waals surface area contributed by atoms with E-state index in [1.807, 2.05) is 38.1 Å². The molecule has 3 nitrogen and oxygen atoms in total. The van der Waals surface area contributed by atoms with Crippen LogP contribution in [0.2, 0.25) is 0 Å². The summed E-state index contributed by atoms with van der Waals surface area (Å²) in [6.07, 6.45) is 0.144. The van der Waals surface area contributed by atoms with Gasteiger partial charge >= 0.3 is 0 Å². The van der Waals surface area contributed by atoms with E-state index in [1.165, 1.54) is 12.1 Å². The van der Waals surface area contributed by atoms with Crippen molar-refractivity contribution in [2.24, 2.45) is 0 Å². The molecular weight excluding hydrogens is 243 g/mol. The van der Waals surface area contributed by atoms with Crippen LogP contribution >= 0.6 is 0 Å². The number of hydrogen-bond acceptors (Lipinski definition) is 3. The number of ether oxygens (including phenoxy) is 1. The van der Waals surface area contributed by atoms with Crippen molar-refractivity contribution in [2.75, 3.05) is 11.1 Å². The maximum absolute atomic E-state index is 13.3. The van der Waals surface area contributed by atoms with Crippen molar-refractivity contribution in [2.45, 2.75) is 20.0 Å². The summed E-state index contributed by atoms with van der Waals surface area (Å²) in [5.74, 6) is 0.383. The minimum absolute atomic E-state index is 0.144. The highest BCUT2D eigenvalue weighted by Crippen LogP contribution is 2.22. The molecule has 2 aromatic carbocycles. The van der Waals surface area contributed by atoms with Gasteiger partial charge in [0.05, 0.1) is 11.8 Å². The van der Waals surface area contributed by atoms with Crippen LogP contribution in [0.4, 0.5) is 21.5 Å². The van der Waals surface area contributed by atoms with Crippen LogP contribution in [-0.4, -0.2) is 6.10 Å². The second kappa shape index (κ2) is 5.61. The summed E-state index contributed by atoms with van der Waals surface area (Å²) in [5.41, 5.74) is 7.09. The van der Waals surface area contributed by atoms with Crippen molar-refractivity contribution in [3.63, 3.8) is 0 Å². The topological polar surface area (TPSA) is 47.3 Å². The zero-order valence-corrected chi connectivity index (χ0v) is 11.0. The highest BCUT2D eigenvalue weighted by atomic mass is 19.1. The number of anilines is 3. The first kappa shape index (κ1) is 13.2. The van der Waals surface area contributed by atoms with E-state index in [1.54, 1.807) is 6.07 Å². The molecule has 0 atom stereocenters. The number of nitrogens with two attached hydrogens (primary N) is 1. The van der Waals surface area contributed by atoms with Gasteiger partial charge in [0.15, 0.2) is 0 Å². The normalized spacial score (nSPS) is 10.5. The molecule has 0 bridgehead atoms. The minimum atomic E-state index is -0.426. The van der Waals surface area contributed by atoms with Crippen LogP contribution in [0.3, 0.4) is 0 Å². The number of nitrogen functional groups attached to an aromatic ring is 1. The molecule has 19 heavy (non-hydrogen) atoms. The zero-order valence-electron chi connectivity index (χ0n) is 11.0. The van der Waals surface area contributed by atoms with Crippen LogP contribution in [0.15, 0.2) is 42.5 Å².